The van der Waals surface area contributed by atoms with Crippen molar-refractivity contribution in [3.05, 3.63) is 47.3 Å². The van der Waals surface area contributed by atoms with Crippen LogP contribution in [0.15, 0.2) is 24.5 Å². The van der Waals surface area contributed by atoms with Gasteiger partial charge in [-0.05, 0) is 39.4 Å². The van der Waals surface area contributed by atoms with Crippen molar-refractivity contribution in [2.75, 3.05) is 6.54 Å². The molecule has 2 aromatic rings. The minimum Gasteiger partial charge on any atom is -0.310 e. The number of hydrogen-bond acceptors (Lipinski definition) is 2. The van der Waals surface area contributed by atoms with Crippen molar-refractivity contribution in [2.24, 2.45) is 0 Å². The number of imidazole rings is 1. The van der Waals surface area contributed by atoms with Crippen LogP contribution in [0.25, 0.3) is 5.69 Å². The molecule has 19 heavy (non-hydrogen) atoms. The second-order valence-corrected chi connectivity index (χ2v) is 4.74. The molecular weight excluding hydrogens is 241 g/mol. The van der Waals surface area contributed by atoms with Gasteiger partial charge in [-0.25, -0.2) is 9.37 Å². The Hall–Kier alpha value is -1.68. The summed E-state index contributed by atoms with van der Waals surface area (Å²) in [5.41, 5.74) is 3.54. The average molecular weight is 261 g/mol. The first-order chi connectivity index (χ1) is 9.06. The van der Waals surface area contributed by atoms with Gasteiger partial charge in [0.2, 0.25) is 0 Å². The average Bonchev–Trinajstić information content (AvgIpc) is 2.70. The highest BCUT2D eigenvalue weighted by molar-refractivity contribution is 5.45. The smallest absolute Gasteiger partial charge is 0.130 e. The molecule has 0 aliphatic heterocycles. The van der Waals surface area contributed by atoms with Crippen LogP contribution in [-0.2, 0) is 0 Å². The SMILES string of the molecule is CCNC(C)c1c(F)cccc1-n1cnc(C)c1C. The van der Waals surface area contributed by atoms with E-state index >= 15 is 0 Å². The van der Waals surface area contributed by atoms with Crippen molar-refractivity contribution in [1.82, 2.24) is 14.9 Å². The number of nitrogens with zero attached hydrogens (tertiary/aromatic N) is 2. The number of benzene rings is 1. The minimum absolute atomic E-state index is 0.0386. The predicted octanol–water partition coefficient (Wildman–Crippen LogP) is 3.30. The van der Waals surface area contributed by atoms with Crippen molar-refractivity contribution in [2.45, 2.75) is 33.7 Å². The molecule has 0 bridgehead atoms. The zero-order chi connectivity index (χ0) is 14.0. The van der Waals surface area contributed by atoms with Gasteiger partial charge in [0, 0.05) is 17.3 Å². The van der Waals surface area contributed by atoms with Crippen molar-refractivity contribution in [3.8, 4) is 5.69 Å². The molecule has 0 aliphatic rings. The number of hydrogen-bond donors (Lipinski definition) is 1. The third-order valence-corrected chi connectivity index (χ3v) is 3.48. The van der Waals surface area contributed by atoms with Gasteiger partial charge in [0.05, 0.1) is 17.7 Å². The van der Waals surface area contributed by atoms with Crippen molar-refractivity contribution in [1.29, 1.82) is 0 Å². The Labute approximate surface area is 113 Å². The molecule has 1 atom stereocenters. The summed E-state index contributed by atoms with van der Waals surface area (Å²) < 4.78 is 16.1. The molecule has 0 radical (unpaired) electrons. The number of rotatable bonds is 4. The zero-order valence-corrected chi connectivity index (χ0v) is 11.9. The van der Waals surface area contributed by atoms with Gasteiger partial charge in [-0.2, -0.15) is 0 Å². The van der Waals surface area contributed by atoms with Crippen molar-refractivity contribution in [3.63, 3.8) is 0 Å². The van der Waals surface area contributed by atoms with E-state index in [1.165, 1.54) is 6.07 Å². The van der Waals surface area contributed by atoms with E-state index in [4.69, 9.17) is 0 Å². The van der Waals surface area contributed by atoms with Crippen molar-refractivity contribution < 1.29 is 4.39 Å². The first kappa shape index (κ1) is 13.7. The van der Waals surface area contributed by atoms with E-state index in [0.717, 1.165) is 23.6 Å². The molecule has 1 aromatic heterocycles. The summed E-state index contributed by atoms with van der Waals surface area (Å²) in [6.07, 6.45) is 1.75. The quantitative estimate of drug-likeness (QED) is 0.915. The molecule has 102 valence electrons. The monoisotopic (exact) mass is 261 g/mol. The molecule has 1 N–H and O–H groups in total. The second kappa shape index (κ2) is 5.53. The lowest BCUT2D eigenvalue weighted by Gasteiger charge is -2.19. The minimum atomic E-state index is -0.184. The molecule has 0 fully saturated rings. The summed E-state index contributed by atoms with van der Waals surface area (Å²) in [4.78, 5) is 4.29. The topological polar surface area (TPSA) is 29.9 Å². The van der Waals surface area contributed by atoms with Crippen LogP contribution >= 0.6 is 0 Å². The molecule has 1 unspecified atom stereocenters. The largest absolute Gasteiger partial charge is 0.310 e. The number of aryl methyl sites for hydroxylation is 1. The Kier molecular flexibility index (Phi) is 4.00. The number of halogens is 1. The van der Waals surface area contributed by atoms with Crippen LogP contribution in [0.3, 0.4) is 0 Å². The first-order valence-electron chi connectivity index (χ1n) is 6.59. The van der Waals surface area contributed by atoms with Gasteiger partial charge in [-0.3, -0.25) is 0 Å². The van der Waals surface area contributed by atoms with Gasteiger partial charge in [0.15, 0.2) is 0 Å². The molecule has 0 amide bonds. The Morgan fingerprint density at radius 3 is 2.68 bits per heavy atom. The summed E-state index contributed by atoms with van der Waals surface area (Å²) in [5, 5.41) is 3.27. The van der Waals surface area contributed by atoms with Gasteiger partial charge in [0.1, 0.15) is 5.82 Å². The summed E-state index contributed by atoms with van der Waals surface area (Å²) in [6, 6.07) is 5.14. The summed E-state index contributed by atoms with van der Waals surface area (Å²) in [6.45, 7) is 8.75. The molecule has 4 heteroatoms. The fourth-order valence-corrected chi connectivity index (χ4v) is 2.31. The van der Waals surface area contributed by atoms with Gasteiger partial charge in [-0.1, -0.05) is 13.0 Å². The number of nitrogens with one attached hydrogen (secondary N) is 1. The molecule has 2 rings (SSSR count). The van der Waals surface area contributed by atoms with E-state index in [9.17, 15) is 4.39 Å². The fraction of sp³-hybridized carbons (Fsp3) is 0.400. The van der Waals surface area contributed by atoms with Gasteiger partial charge < -0.3 is 9.88 Å². The van der Waals surface area contributed by atoms with E-state index < -0.39 is 0 Å². The molecule has 3 nitrogen and oxygen atoms in total. The maximum atomic E-state index is 14.2. The lowest BCUT2D eigenvalue weighted by Crippen LogP contribution is -2.20. The first-order valence-corrected chi connectivity index (χ1v) is 6.59. The summed E-state index contributed by atoms with van der Waals surface area (Å²) >= 11 is 0. The Bertz CT molecular complexity index is 575. The Morgan fingerprint density at radius 2 is 2.11 bits per heavy atom. The van der Waals surface area contributed by atoms with Crippen LogP contribution in [0.2, 0.25) is 0 Å². The van der Waals surface area contributed by atoms with E-state index in [1.807, 2.05) is 38.3 Å². The predicted molar refractivity (Wildman–Crippen MR) is 75.1 cm³/mol. The van der Waals surface area contributed by atoms with E-state index in [-0.39, 0.29) is 11.9 Å². The lowest BCUT2D eigenvalue weighted by atomic mass is 10.0. The summed E-state index contributed by atoms with van der Waals surface area (Å²) in [7, 11) is 0. The van der Waals surface area contributed by atoms with Gasteiger partial charge >= 0.3 is 0 Å². The lowest BCUT2D eigenvalue weighted by molar-refractivity contribution is 0.538. The van der Waals surface area contributed by atoms with Crippen LogP contribution < -0.4 is 5.32 Å². The maximum absolute atomic E-state index is 14.2. The number of aromatic nitrogens is 2. The summed E-state index contributed by atoms with van der Waals surface area (Å²) in [5.74, 6) is -0.184. The van der Waals surface area contributed by atoms with Crippen molar-refractivity contribution >= 4 is 0 Å². The maximum Gasteiger partial charge on any atom is 0.130 e. The third-order valence-electron chi connectivity index (χ3n) is 3.48. The Morgan fingerprint density at radius 1 is 1.37 bits per heavy atom. The van der Waals surface area contributed by atoms with Crippen LogP contribution in [-0.4, -0.2) is 16.1 Å². The molecule has 0 saturated carbocycles. The van der Waals surface area contributed by atoms with Gasteiger partial charge in [0.25, 0.3) is 0 Å². The van der Waals surface area contributed by atoms with E-state index in [0.29, 0.717) is 5.56 Å². The third kappa shape index (κ3) is 2.54. The second-order valence-electron chi connectivity index (χ2n) is 4.74. The molecule has 1 aromatic carbocycles. The van der Waals surface area contributed by atoms with E-state index in [1.54, 1.807) is 12.4 Å². The van der Waals surface area contributed by atoms with Crippen LogP contribution in [0, 0.1) is 19.7 Å². The molecule has 0 spiro atoms. The van der Waals surface area contributed by atoms with Crippen LogP contribution in [0.1, 0.15) is 36.8 Å². The standard InChI is InChI=1S/C15H20FN3/c1-5-17-11(3)15-13(16)7-6-8-14(15)19-9-18-10(2)12(19)4/h6-9,11,17H,5H2,1-4H3. The Balaban J connectivity index is 2.57. The van der Waals surface area contributed by atoms with Gasteiger partial charge in [-0.15, -0.1) is 0 Å². The highest BCUT2D eigenvalue weighted by Crippen LogP contribution is 2.26. The normalized spacial score (nSPS) is 12.7. The molecule has 0 saturated heterocycles. The van der Waals surface area contributed by atoms with Crippen LogP contribution in [0.4, 0.5) is 4.39 Å². The molecular formula is C15H20FN3. The molecule has 1 heterocycles. The van der Waals surface area contributed by atoms with Crippen LogP contribution in [0.5, 0.6) is 0 Å². The highest BCUT2D eigenvalue weighted by Gasteiger charge is 2.17. The highest BCUT2D eigenvalue weighted by atomic mass is 19.1. The zero-order valence-electron chi connectivity index (χ0n) is 11.9. The molecule has 0 aliphatic carbocycles. The fourth-order valence-electron chi connectivity index (χ4n) is 2.31. The van der Waals surface area contributed by atoms with E-state index in [2.05, 4.69) is 10.3 Å².